The van der Waals surface area contributed by atoms with Crippen LogP contribution in [-0.2, 0) is 0 Å². The first-order valence-corrected chi connectivity index (χ1v) is 6.10. The Morgan fingerprint density at radius 3 is 2.71 bits per heavy atom. The summed E-state index contributed by atoms with van der Waals surface area (Å²) in [4.78, 5) is 8.68. The Labute approximate surface area is 108 Å². The summed E-state index contributed by atoms with van der Waals surface area (Å²) in [6, 6.07) is 1.71. The van der Waals surface area contributed by atoms with E-state index in [1.54, 1.807) is 12.3 Å². The van der Waals surface area contributed by atoms with E-state index >= 15 is 0 Å². The molecule has 5 heteroatoms. The molecule has 0 fully saturated rings. The highest BCUT2D eigenvalue weighted by atomic mass is 32.1. The summed E-state index contributed by atoms with van der Waals surface area (Å²) in [7, 11) is 0. The van der Waals surface area contributed by atoms with Crippen LogP contribution in [-0.4, -0.2) is 21.5 Å². The van der Waals surface area contributed by atoms with Crippen LogP contribution in [0.15, 0.2) is 12.3 Å². The molecule has 0 atom stereocenters. The van der Waals surface area contributed by atoms with E-state index < -0.39 is 0 Å². The largest absolute Gasteiger partial charge is 0.388 e. The van der Waals surface area contributed by atoms with Gasteiger partial charge in [0.25, 0.3) is 0 Å². The van der Waals surface area contributed by atoms with Crippen molar-refractivity contribution < 1.29 is 0 Å². The van der Waals surface area contributed by atoms with Crippen molar-refractivity contribution in [3.8, 4) is 0 Å². The van der Waals surface area contributed by atoms with Crippen LogP contribution in [0.4, 0.5) is 5.95 Å². The van der Waals surface area contributed by atoms with Crippen LogP contribution >= 0.6 is 12.2 Å². The first-order valence-electron chi connectivity index (χ1n) is 5.69. The van der Waals surface area contributed by atoms with Gasteiger partial charge in [-0.15, -0.1) is 0 Å². The molecule has 0 bridgehead atoms. The summed E-state index contributed by atoms with van der Waals surface area (Å²) < 4.78 is 0. The number of hydrogen-bond acceptors (Lipinski definition) is 4. The number of nitrogens with one attached hydrogen (secondary N) is 1. The van der Waals surface area contributed by atoms with E-state index in [0.717, 1.165) is 6.54 Å². The Kier molecular flexibility index (Phi) is 4.40. The van der Waals surface area contributed by atoms with Gasteiger partial charge in [0, 0.05) is 12.7 Å². The van der Waals surface area contributed by atoms with Gasteiger partial charge in [-0.25, -0.2) is 9.97 Å². The molecule has 0 radical (unpaired) electrons. The molecule has 17 heavy (non-hydrogen) atoms. The third-order valence-corrected chi connectivity index (χ3v) is 3.38. The summed E-state index contributed by atoms with van der Waals surface area (Å²) in [6.45, 7) is 9.64. The minimum absolute atomic E-state index is 0.183. The minimum atomic E-state index is 0.183. The highest BCUT2D eigenvalue weighted by Crippen LogP contribution is 2.25. The lowest BCUT2D eigenvalue weighted by molar-refractivity contribution is 0.269. The molecule has 0 aliphatic heterocycles. The molecule has 1 heterocycles. The van der Waals surface area contributed by atoms with Crippen molar-refractivity contribution in [1.82, 2.24) is 9.97 Å². The molecule has 4 nitrogen and oxygen atoms in total. The van der Waals surface area contributed by atoms with E-state index in [1.165, 1.54) is 0 Å². The van der Waals surface area contributed by atoms with Crippen LogP contribution in [0, 0.1) is 11.3 Å². The first kappa shape index (κ1) is 13.8. The molecular weight excluding hydrogens is 232 g/mol. The van der Waals surface area contributed by atoms with Crippen molar-refractivity contribution in [2.24, 2.45) is 17.1 Å². The maximum Gasteiger partial charge on any atom is 0.223 e. The Morgan fingerprint density at radius 1 is 1.53 bits per heavy atom. The Hall–Kier alpha value is -1.23. The third-order valence-electron chi connectivity index (χ3n) is 3.17. The Balaban J connectivity index is 2.70. The van der Waals surface area contributed by atoms with Crippen LogP contribution in [0.5, 0.6) is 0 Å². The van der Waals surface area contributed by atoms with Gasteiger partial charge in [-0.1, -0.05) is 39.9 Å². The maximum atomic E-state index is 5.53. The summed E-state index contributed by atoms with van der Waals surface area (Å²) in [6.07, 6.45) is 1.66. The van der Waals surface area contributed by atoms with E-state index in [4.69, 9.17) is 18.0 Å². The zero-order valence-electron chi connectivity index (χ0n) is 10.8. The average molecular weight is 252 g/mol. The number of nitrogens with zero attached hydrogens (tertiary/aromatic N) is 2. The van der Waals surface area contributed by atoms with Crippen LogP contribution in [0.2, 0.25) is 0 Å². The zero-order valence-corrected chi connectivity index (χ0v) is 11.6. The van der Waals surface area contributed by atoms with Crippen molar-refractivity contribution >= 4 is 23.2 Å². The number of rotatable bonds is 5. The van der Waals surface area contributed by atoms with E-state index in [9.17, 15) is 0 Å². The van der Waals surface area contributed by atoms with Gasteiger partial charge in [0.1, 0.15) is 10.7 Å². The number of thiocarbonyl (C=S) groups is 1. The molecule has 0 spiro atoms. The number of aromatic nitrogens is 2. The highest BCUT2D eigenvalue weighted by molar-refractivity contribution is 7.80. The minimum Gasteiger partial charge on any atom is -0.388 e. The van der Waals surface area contributed by atoms with Gasteiger partial charge in [-0.2, -0.15) is 0 Å². The standard InChI is InChI=1S/C12H20N4S/c1-8(2)12(3,4)7-15-11-14-6-5-9(16-11)10(13)17/h5-6,8H,7H2,1-4H3,(H2,13,17)(H,14,15,16). The molecule has 0 aromatic carbocycles. The predicted molar refractivity (Wildman–Crippen MR) is 75.0 cm³/mol. The average Bonchev–Trinajstić information content (AvgIpc) is 2.26. The lowest BCUT2D eigenvalue weighted by Gasteiger charge is -2.29. The molecule has 1 aromatic rings. The molecule has 94 valence electrons. The molecule has 1 aromatic heterocycles. The fraction of sp³-hybridized carbons (Fsp3) is 0.583. The first-order chi connectivity index (χ1) is 7.83. The van der Waals surface area contributed by atoms with Crippen molar-refractivity contribution in [1.29, 1.82) is 0 Å². The fourth-order valence-corrected chi connectivity index (χ4v) is 1.21. The quantitative estimate of drug-likeness (QED) is 0.787. The molecule has 3 N–H and O–H groups in total. The second-order valence-corrected chi connectivity index (χ2v) is 5.57. The van der Waals surface area contributed by atoms with E-state index in [2.05, 4.69) is 43.0 Å². The monoisotopic (exact) mass is 252 g/mol. The van der Waals surface area contributed by atoms with E-state index in [-0.39, 0.29) is 5.41 Å². The van der Waals surface area contributed by atoms with Crippen molar-refractivity contribution in [3.63, 3.8) is 0 Å². The third kappa shape index (κ3) is 3.93. The van der Waals surface area contributed by atoms with Crippen molar-refractivity contribution in [2.75, 3.05) is 11.9 Å². The van der Waals surface area contributed by atoms with Gasteiger partial charge in [-0.3, -0.25) is 0 Å². The van der Waals surface area contributed by atoms with Crippen LogP contribution in [0.1, 0.15) is 33.4 Å². The Bertz CT molecular complexity index is 401. The van der Waals surface area contributed by atoms with Gasteiger partial charge >= 0.3 is 0 Å². The van der Waals surface area contributed by atoms with Crippen LogP contribution < -0.4 is 11.1 Å². The molecule has 0 amide bonds. The van der Waals surface area contributed by atoms with Crippen molar-refractivity contribution in [3.05, 3.63) is 18.0 Å². The van der Waals surface area contributed by atoms with Crippen molar-refractivity contribution in [2.45, 2.75) is 27.7 Å². The zero-order chi connectivity index (χ0) is 13.1. The van der Waals surface area contributed by atoms with Gasteiger partial charge in [-0.05, 0) is 17.4 Å². The predicted octanol–water partition coefficient (Wildman–Crippen LogP) is 2.20. The molecule has 0 saturated carbocycles. The second kappa shape index (κ2) is 5.40. The number of anilines is 1. The normalized spacial score (nSPS) is 11.6. The Morgan fingerprint density at radius 2 is 2.18 bits per heavy atom. The maximum absolute atomic E-state index is 5.53. The molecule has 0 unspecified atom stereocenters. The summed E-state index contributed by atoms with van der Waals surface area (Å²) >= 11 is 4.88. The van der Waals surface area contributed by atoms with Gasteiger partial charge < -0.3 is 11.1 Å². The van der Waals surface area contributed by atoms with Gasteiger partial charge in [0.05, 0.1) is 0 Å². The van der Waals surface area contributed by atoms with E-state index in [0.29, 0.717) is 22.5 Å². The SMILES string of the molecule is CC(C)C(C)(C)CNc1nccc(C(N)=S)n1. The molecular formula is C12H20N4S. The summed E-state index contributed by atoms with van der Waals surface area (Å²) in [5, 5.41) is 3.22. The van der Waals surface area contributed by atoms with E-state index in [1.807, 2.05) is 0 Å². The fourth-order valence-electron chi connectivity index (χ4n) is 1.09. The lowest BCUT2D eigenvalue weighted by Crippen LogP contribution is -2.29. The molecule has 0 saturated heterocycles. The second-order valence-electron chi connectivity index (χ2n) is 5.13. The van der Waals surface area contributed by atoms with Crippen LogP contribution in [0.25, 0.3) is 0 Å². The molecule has 0 aliphatic rings. The molecule has 0 aliphatic carbocycles. The highest BCUT2D eigenvalue weighted by Gasteiger charge is 2.22. The number of hydrogen-bond donors (Lipinski definition) is 2. The van der Waals surface area contributed by atoms with Gasteiger partial charge in [0.2, 0.25) is 5.95 Å². The molecule has 1 rings (SSSR count). The summed E-state index contributed by atoms with van der Waals surface area (Å²) in [5.74, 6) is 1.15. The summed E-state index contributed by atoms with van der Waals surface area (Å²) in [5.41, 5.74) is 6.31. The van der Waals surface area contributed by atoms with Crippen LogP contribution in [0.3, 0.4) is 0 Å². The van der Waals surface area contributed by atoms with Gasteiger partial charge in [0.15, 0.2) is 0 Å². The smallest absolute Gasteiger partial charge is 0.223 e. The topological polar surface area (TPSA) is 63.8 Å². The lowest BCUT2D eigenvalue weighted by atomic mass is 9.81. The number of nitrogens with two attached hydrogens (primary N) is 1.